The Morgan fingerprint density at radius 3 is 2.68 bits per heavy atom. The van der Waals surface area contributed by atoms with Crippen LogP contribution >= 0.6 is 0 Å². The normalized spacial score (nSPS) is 10.5. The van der Waals surface area contributed by atoms with Crippen LogP contribution in [-0.2, 0) is 6.54 Å². The summed E-state index contributed by atoms with van der Waals surface area (Å²) >= 11 is 0. The number of nitrogens with one attached hydrogen (secondary N) is 1. The molecule has 1 heterocycles. The molecule has 0 fully saturated rings. The Hall–Kier alpha value is -3.29. The third kappa shape index (κ3) is 2.75. The summed E-state index contributed by atoms with van der Waals surface area (Å²) in [6.07, 6.45) is 0. The number of nitro groups is 1. The average molecular weight is 297 g/mol. The van der Waals surface area contributed by atoms with E-state index in [-0.39, 0.29) is 17.2 Å². The van der Waals surface area contributed by atoms with Crippen LogP contribution in [0.4, 0.5) is 11.6 Å². The van der Waals surface area contributed by atoms with Crippen LogP contribution < -0.4 is 10.2 Å². The van der Waals surface area contributed by atoms with Gasteiger partial charge < -0.3 is 10.5 Å². The van der Waals surface area contributed by atoms with Gasteiger partial charge in [-0.05, 0) is 16.5 Å². The second-order valence-corrected chi connectivity index (χ2v) is 4.58. The highest BCUT2D eigenvalue weighted by Crippen LogP contribution is 2.17. The SMILES string of the molecule is O=[N+]([O-])c1ccc2nc(NCc3ccccc3)n[n+]([O-])c2c1. The maximum atomic E-state index is 11.9. The van der Waals surface area contributed by atoms with Crippen LogP contribution in [-0.4, -0.2) is 15.0 Å². The first-order valence-corrected chi connectivity index (χ1v) is 6.47. The van der Waals surface area contributed by atoms with Gasteiger partial charge in [-0.3, -0.25) is 10.1 Å². The van der Waals surface area contributed by atoms with Gasteiger partial charge in [-0.15, -0.1) is 0 Å². The molecule has 0 bridgehead atoms. The molecule has 0 atom stereocenters. The maximum absolute atomic E-state index is 11.9. The summed E-state index contributed by atoms with van der Waals surface area (Å²) in [6, 6.07) is 13.5. The molecule has 0 aliphatic heterocycles. The van der Waals surface area contributed by atoms with E-state index in [9.17, 15) is 15.3 Å². The molecule has 2 aromatic carbocycles. The average Bonchev–Trinajstić information content (AvgIpc) is 2.53. The summed E-state index contributed by atoms with van der Waals surface area (Å²) in [5.41, 5.74) is 1.24. The molecule has 0 amide bonds. The molecule has 0 aliphatic rings. The first kappa shape index (κ1) is 13.7. The lowest BCUT2D eigenvalue weighted by molar-refractivity contribution is -0.641. The number of aromatic nitrogens is 3. The predicted octanol–water partition coefficient (Wildman–Crippen LogP) is 1.78. The van der Waals surface area contributed by atoms with Crippen molar-refractivity contribution in [1.29, 1.82) is 0 Å². The standard InChI is InChI=1S/C14H11N5O3/c20-18-13-8-11(19(21)22)6-7-12(13)16-14(17-18)15-9-10-4-2-1-3-5-10/h1-8H,9H2,(H,15,16,17). The lowest BCUT2D eigenvalue weighted by Gasteiger charge is -2.05. The molecule has 0 aliphatic carbocycles. The van der Waals surface area contributed by atoms with Crippen LogP contribution in [0.5, 0.6) is 0 Å². The van der Waals surface area contributed by atoms with Crippen molar-refractivity contribution in [3.63, 3.8) is 0 Å². The number of hydrogen-bond acceptors (Lipinski definition) is 6. The van der Waals surface area contributed by atoms with Crippen molar-refractivity contribution in [2.24, 2.45) is 0 Å². The molecule has 110 valence electrons. The Kier molecular flexibility index (Phi) is 3.48. The van der Waals surface area contributed by atoms with E-state index < -0.39 is 4.92 Å². The van der Waals surface area contributed by atoms with Crippen LogP contribution in [0, 0.1) is 15.3 Å². The van der Waals surface area contributed by atoms with Gasteiger partial charge in [0.05, 0.1) is 16.1 Å². The van der Waals surface area contributed by atoms with E-state index in [4.69, 9.17) is 0 Å². The van der Waals surface area contributed by atoms with Gasteiger partial charge in [-0.25, -0.2) is 4.98 Å². The zero-order chi connectivity index (χ0) is 15.5. The Balaban J connectivity index is 1.89. The van der Waals surface area contributed by atoms with E-state index in [0.29, 0.717) is 16.9 Å². The quantitative estimate of drug-likeness (QED) is 0.340. The molecule has 3 rings (SSSR count). The Morgan fingerprint density at radius 1 is 1.18 bits per heavy atom. The number of nitrogens with zero attached hydrogens (tertiary/aromatic N) is 4. The maximum Gasteiger partial charge on any atom is 0.290 e. The van der Waals surface area contributed by atoms with Crippen molar-refractivity contribution in [2.45, 2.75) is 6.54 Å². The number of nitro benzene ring substituents is 1. The van der Waals surface area contributed by atoms with Crippen molar-refractivity contribution in [3.05, 3.63) is 69.4 Å². The van der Waals surface area contributed by atoms with Gasteiger partial charge in [0, 0.05) is 12.6 Å². The highest BCUT2D eigenvalue weighted by Gasteiger charge is 2.15. The molecular weight excluding hydrogens is 286 g/mol. The molecule has 22 heavy (non-hydrogen) atoms. The Morgan fingerprint density at radius 2 is 1.95 bits per heavy atom. The summed E-state index contributed by atoms with van der Waals surface area (Å²) in [4.78, 5) is 14.7. The zero-order valence-electron chi connectivity index (χ0n) is 11.3. The summed E-state index contributed by atoms with van der Waals surface area (Å²) in [5.74, 6) is 0.167. The van der Waals surface area contributed by atoms with Crippen LogP contribution in [0.15, 0.2) is 48.5 Å². The number of fused-ring (bicyclic) bond motifs is 1. The van der Waals surface area contributed by atoms with Crippen molar-refractivity contribution < 1.29 is 9.77 Å². The summed E-state index contributed by atoms with van der Waals surface area (Å²) in [7, 11) is 0. The van der Waals surface area contributed by atoms with E-state index >= 15 is 0 Å². The van der Waals surface area contributed by atoms with E-state index in [0.717, 1.165) is 11.6 Å². The minimum absolute atomic E-state index is 0.0551. The minimum atomic E-state index is -0.568. The summed E-state index contributed by atoms with van der Waals surface area (Å²) < 4.78 is 0. The molecule has 0 unspecified atom stereocenters. The Labute approximate surface area is 124 Å². The van der Waals surface area contributed by atoms with Gasteiger partial charge in [0.2, 0.25) is 0 Å². The predicted molar refractivity (Wildman–Crippen MR) is 78.9 cm³/mol. The van der Waals surface area contributed by atoms with Gasteiger partial charge in [-0.1, -0.05) is 30.3 Å². The molecular formula is C14H11N5O3. The monoisotopic (exact) mass is 297 g/mol. The van der Waals surface area contributed by atoms with Crippen molar-refractivity contribution in [2.75, 3.05) is 5.32 Å². The minimum Gasteiger partial charge on any atom is -0.594 e. The summed E-state index contributed by atoms with van der Waals surface area (Å²) in [6.45, 7) is 0.472. The molecule has 8 nitrogen and oxygen atoms in total. The van der Waals surface area contributed by atoms with Gasteiger partial charge in [0.1, 0.15) is 5.52 Å². The fraction of sp³-hybridized carbons (Fsp3) is 0.0714. The smallest absolute Gasteiger partial charge is 0.290 e. The zero-order valence-corrected chi connectivity index (χ0v) is 11.3. The molecule has 0 saturated heterocycles. The third-order valence-corrected chi connectivity index (χ3v) is 3.08. The fourth-order valence-electron chi connectivity index (χ4n) is 2.00. The van der Waals surface area contributed by atoms with Crippen LogP contribution in [0.3, 0.4) is 0 Å². The van der Waals surface area contributed by atoms with E-state index in [1.807, 2.05) is 30.3 Å². The van der Waals surface area contributed by atoms with Crippen molar-refractivity contribution >= 4 is 22.7 Å². The lowest BCUT2D eigenvalue weighted by atomic mass is 10.2. The topological polar surface area (TPSA) is 108 Å². The lowest BCUT2D eigenvalue weighted by Crippen LogP contribution is -2.33. The first-order chi connectivity index (χ1) is 10.6. The van der Waals surface area contributed by atoms with E-state index in [1.165, 1.54) is 12.1 Å². The van der Waals surface area contributed by atoms with Gasteiger partial charge in [0.25, 0.3) is 17.2 Å². The van der Waals surface area contributed by atoms with E-state index in [2.05, 4.69) is 15.4 Å². The number of benzene rings is 2. The van der Waals surface area contributed by atoms with Crippen molar-refractivity contribution in [3.8, 4) is 0 Å². The number of hydrogen-bond donors (Lipinski definition) is 1. The molecule has 0 radical (unpaired) electrons. The largest absolute Gasteiger partial charge is 0.594 e. The molecule has 1 N–H and O–H groups in total. The van der Waals surface area contributed by atoms with Crippen LogP contribution in [0.25, 0.3) is 11.0 Å². The Bertz CT molecular complexity index is 839. The molecule has 0 saturated carbocycles. The molecule has 3 aromatic rings. The van der Waals surface area contributed by atoms with Gasteiger partial charge in [0.15, 0.2) is 0 Å². The third-order valence-electron chi connectivity index (χ3n) is 3.08. The highest BCUT2D eigenvalue weighted by molar-refractivity contribution is 5.74. The van der Waals surface area contributed by atoms with Gasteiger partial charge >= 0.3 is 0 Å². The van der Waals surface area contributed by atoms with Gasteiger partial charge in [-0.2, -0.15) is 0 Å². The van der Waals surface area contributed by atoms with Crippen LogP contribution in [0.2, 0.25) is 0 Å². The molecule has 0 spiro atoms. The highest BCUT2D eigenvalue weighted by atomic mass is 16.6. The number of rotatable bonds is 4. The van der Waals surface area contributed by atoms with E-state index in [1.54, 1.807) is 0 Å². The summed E-state index contributed by atoms with van der Waals surface area (Å²) in [5, 5.41) is 29.3. The fourth-order valence-corrected chi connectivity index (χ4v) is 2.00. The molecule has 1 aromatic heterocycles. The van der Waals surface area contributed by atoms with Crippen molar-refractivity contribution in [1.82, 2.24) is 10.1 Å². The second-order valence-electron chi connectivity index (χ2n) is 4.58. The number of non-ortho nitro benzene ring substituents is 1. The van der Waals surface area contributed by atoms with Crippen LogP contribution in [0.1, 0.15) is 5.56 Å². The number of anilines is 1. The first-order valence-electron chi connectivity index (χ1n) is 6.47. The second kappa shape index (κ2) is 5.60. The molecule has 8 heteroatoms.